The molecule has 0 aromatic heterocycles. The van der Waals surface area contributed by atoms with Crippen LogP contribution in [0, 0.1) is 0 Å². The van der Waals surface area contributed by atoms with E-state index in [1.807, 2.05) is 0 Å². The van der Waals surface area contributed by atoms with Crippen molar-refractivity contribution in [1.29, 1.82) is 0 Å². The predicted octanol–water partition coefficient (Wildman–Crippen LogP) is -2.15. The molecule has 2 aliphatic heterocycles. The highest BCUT2D eigenvalue weighted by Gasteiger charge is 2.47. The molecule has 2 fully saturated rings. The first-order valence-electron chi connectivity index (χ1n) is 9.46. The highest BCUT2D eigenvalue weighted by molar-refractivity contribution is 4.90. The second kappa shape index (κ2) is 11.0. The quantitative estimate of drug-likeness (QED) is 0.225. The number of aliphatic hydroxyl groups excluding tert-OH is 6. The molecular weight excluding hydrogens is 364 g/mol. The lowest BCUT2D eigenvalue weighted by Crippen LogP contribution is -2.59. The first kappa shape index (κ1) is 22.9. The molecule has 0 bridgehead atoms. The fourth-order valence-electron chi connectivity index (χ4n) is 3.11. The van der Waals surface area contributed by atoms with E-state index in [0.29, 0.717) is 6.61 Å². The Morgan fingerprint density at radius 3 is 1.93 bits per heavy atom. The van der Waals surface area contributed by atoms with Gasteiger partial charge in [0.25, 0.3) is 0 Å². The summed E-state index contributed by atoms with van der Waals surface area (Å²) in [4.78, 5) is 0. The molecule has 0 aromatic carbocycles. The van der Waals surface area contributed by atoms with Gasteiger partial charge in [-0.15, -0.1) is 0 Å². The van der Waals surface area contributed by atoms with Gasteiger partial charge in [-0.3, -0.25) is 0 Å². The molecule has 2 aliphatic rings. The van der Waals surface area contributed by atoms with Crippen LogP contribution in [0.3, 0.4) is 0 Å². The summed E-state index contributed by atoms with van der Waals surface area (Å²) < 4.78 is 21.5. The van der Waals surface area contributed by atoms with Gasteiger partial charge in [-0.2, -0.15) is 0 Å². The molecule has 27 heavy (non-hydrogen) atoms. The van der Waals surface area contributed by atoms with Crippen LogP contribution < -0.4 is 0 Å². The highest BCUT2D eigenvalue weighted by Crippen LogP contribution is 2.26. The van der Waals surface area contributed by atoms with Gasteiger partial charge in [-0.25, -0.2) is 0 Å². The van der Waals surface area contributed by atoms with E-state index < -0.39 is 61.9 Å². The summed E-state index contributed by atoms with van der Waals surface area (Å²) in [5.74, 6) is 0. The topological polar surface area (TPSA) is 158 Å². The number of aliphatic hydroxyl groups is 6. The summed E-state index contributed by atoms with van der Waals surface area (Å²) in [6.07, 6.45) is -7.45. The molecule has 2 rings (SSSR count). The lowest BCUT2D eigenvalue weighted by atomic mass is 9.99. The van der Waals surface area contributed by atoms with Gasteiger partial charge >= 0.3 is 0 Å². The van der Waals surface area contributed by atoms with E-state index in [1.54, 1.807) is 0 Å². The van der Waals surface area contributed by atoms with Crippen molar-refractivity contribution in [2.45, 2.75) is 87.9 Å². The van der Waals surface area contributed by atoms with Crippen molar-refractivity contribution in [2.75, 3.05) is 19.8 Å². The lowest BCUT2D eigenvalue weighted by molar-refractivity contribution is -0.310. The summed E-state index contributed by atoms with van der Waals surface area (Å²) in [5, 5.41) is 58.8. The molecule has 10 heteroatoms. The largest absolute Gasteiger partial charge is 0.394 e. The summed E-state index contributed by atoms with van der Waals surface area (Å²) in [6.45, 7) is 1.66. The van der Waals surface area contributed by atoms with Crippen molar-refractivity contribution in [3.05, 3.63) is 0 Å². The van der Waals surface area contributed by atoms with Crippen molar-refractivity contribution >= 4 is 0 Å². The molecular formula is C17H32O10. The monoisotopic (exact) mass is 396 g/mol. The zero-order valence-electron chi connectivity index (χ0n) is 15.5. The summed E-state index contributed by atoms with van der Waals surface area (Å²) in [7, 11) is 0. The molecule has 2 saturated heterocycles. The van der Waals surface area contributed by atoms with Crippen molar-refractivity contribution in [1.82, 2.24) is 0 Å². The maximum absolute atomic E-state index is 10.1. The Labute approximate surface area is 158 Å². The van der Waals surface area contributed by atoms with Crippen LogP contribution in [0.4, 0.5) is 0 Å². The highest BCUT2D eigenvalue weighted by atomic mass is 16.7. The number of hydrogen-bond donors (Lipinski definition) is 6. The summed E-state index contributed by atoms with van der Waals surface area (Å²) >= 11 is 0. The Morgan fingerprint density at radius 2 is 1.30 bits per heavy atom. The summed E-state index contributed by atoms with van der Waals surface area (Å²) in [6, 6.07) is 0. The van der Waals surface area contributed by atoms with Crippen LogP contribution in [-0.4, -0.2) is 106 Å². The van der Waals surface area contributed by atoms with Crippen molar-refractivity contribution in [2.24, 2.45) is 0 Å². The Hall–Kier alpha value is -0.400. The minimum Gasteiger partial charge on any atom is -0.394 e. The standard InChI is InChI=1S/C17H32O10/c1-2-3-4-5-6-24-16-15(23)13(21)12(20)10(27-16)8-25-17-14(22)11(19)9(7-18)26-17/h9-23H,2-8H2,1H3. The molecule has 0 saturated carbocycles. The summed E-state index contributed by atoms with van der Waals surface area (Å²) in [5.41, 5.74) is 0. The minimum atomic E-state index is -1.49. The molecule has 0 spiro atoms. The van der Waals surface area contributed by atoms with Crippen molar-refractivity contribution < 1.29 is 49.6 Å². The first-order chi connectivity index (χ1) is 12.9. The molecule has 10 nitrogen and oxygen atoms in total. The molecule has 6 N–H and O–H groups in total. The van der Waals surface area contributed by atoms with E-state index in [1.165, 1.54) is 0 Å². The minimum absolute atomic E-state index is 0.284. The van der Waals surface area contributed by atoms with Crippen LogP contribution in [0.25, 0.3) is 0 Å². The SMILES string of the molecule is CCCCCCOC1OC(COC2OC(CO)C(O)C2O)C(O)C(O)C1O. The molecule has 2 heterocycles. The van der Waals surface area contributed by atoms with E-state index >= 15 is 0 Å². The van der Waals surface area contributed by atoms with E-state index in [2.05, 4.69) is 6.92 Å². The fraction of sp³-hybridized carbons (Fsp3) is 1.00. The Bertz CT molecular complexity index is 425. The zero-order valence-corrected chi connectivity index (χ0v) is 15.5. The van der Waals surface area contributed by atoms with Crippen LogP contribution in [0.1, 0.15) is 32.6 Å². The van der Waals surface area contributed by atoms with Crippen LogP contribution in [0.2, 0.25) is 0 Å². The Kier molecular flexibility index (Phi) is 9.29. The Morgan fingerprint density at radius 1 is 0.704 bits per heavy atom. The van der Waals surface area contributed by atoms with Gasteiger partial charge in [0, 0.05) is 6.61 Å². The van der Waals surface area contributed by atoms with Crippen LogP contribution >= 0.6 is 0 Å². The Balaban J connectivity index is 1.84. The fourth-order valence-corrected chi connectivity index (χ4v) is 3.11. The third-order valence-electron chi connectivity index (χ3n) is 4.87. The van der Waals surface area contributed by atoms with Crippen molar-refractivity contribution in [3.63, 3.8) is 0 Å². The van der Waals surface area contributed by atoms with Gasteiger partial charge in [0.2, 0.25) is 0 Å². The van der Waals surface area contributed by atoms with E-state index in [4.69, 9.17) is 24.1 Å². The first-order valence-corrected chi connectivity index (χ1v) is 9.46. The van der Waals surface area contributed by atoms with Crippen molar-refractivity contribution in [3.8, 4) is 0 Å². The lowest BCUT2D eigenvalue weighted by Gasteiger charge is -2.40. The second-order valence-electron chi connectivity index (χ2n) is 6.99. The zero-order chi connectivity index (χ0) is 20.0. The number of rotatable bonds is 10. The molecule has 9 atom stereocenters. The number of hydrogen-bond acceptors (Lipinski definition) is 10. The van der Waals surface area contributed by atoms with Crippen LogP contribution in [0.5, 0.6) is 0 Å². The third-order valence-corrected chi connectivity index (χ3v) is 4.87. The van der Waals surface area contributed by atoms with Gasteiger partial charge in [-0.05, 0) is 6.42 Å². The maximum atomic E-state index is 10.1. The van der Waals surface area contributed by atoms with Gasteiger partial charge < -0.3 is 49.6 Å². The predicted molar refractivity (Wildman–Crippen MR) is 90.5 cm³/mol. The molecule has 9 unspecified atom stereocenters. The molecule has 0 radical (unpaired) electrons. The molecule has 0 amide bonds. The third kappa shape index (κ3) is 5.80. The smallest absolute Gasteiger partial charge is 0.186 e. The average molecular weight is 396 g/mol. The van der Waals surface area contributed by atoms with Gasteiger partial charge in [0.15, 0.2) is 12.6 Å². The van der Waals surface area contributed by atoms with Gasteiger partial charge in [0.1, 0.15) is 42.7 Å². The van der Waals surface area contributed by atoms with Crippen LogP contribution in [0.15, 0.2) is 0 Å². The molecule has 0 aromatic rings. The van der Waals surface area contributed by atoms with E-state index in [-0.39, 0.29) is 6.61 Å². The van der Waals surface area contributed by atoms with Crippen LogP contribution in [-0.2, 0) is 18.9 Å². The van der Waals surface area contributed by atoms with E-state index in [9.17, 15) is 25.5 Å². The molecule has 0 aliphatic carbocycles. The molecule has 160 valence electrons. The second-order valence-corrected chi connectivity index (χ2v) is 6.99. The average Bonchev–Trinajstić information content (AvgIpc) is 2.94. The maximum Gasteiger partial charge on any atom is 0.186 e. The van der Waals surface area contributed by atoms with Gasteiger partial charge in [-0.1, -0.05) is 26.2 Å². The number of ether oxygens (including phenoxy) is 4. The van der Waals surface area contributed by atoms with Gasteiger partial charge in [0.05, 0.1) is 13.2 Å². The van der Waals surface area contributed by atoms with E-state index in [0.717, 1.165) is 25.7 Å². The normalized spacial score (nSPS) is 42.6. The number of unbranched alkanes of at least 4 members (excludes halogenated alkanes) is 3.